The molecule has 3 aromatic rings. The van der Waals surface area contributed by atoms with E-state index >= 15 is 0 Å². The molecule has 36 heavy (non-hydrogen) atoms. The van der Waals surface area contributed by atoms with Crippen LogP contribution in [0.4, 0.5) is 0 Å². The summed E-state index contributed by atoms with van der Waals surface area (Å²) in [7, 11) is 0. The number of esters is 1. The number of carbonyl (C=O) groups excluding carboxylic acids is 3. The van der Waals surface area contributed by atoms with Gasteiger partial charge >= 0.3 is 5.97 Å². The molecule has 4 aliphatic rings. The van der Waals surface area contributed by atoms with Crippen molar-refractivity contribution in [2.75, 3.05) is 6.54 Å². The van der Waals surface area contributed by atoms with Crippen LogP contribution in [0, 0.1) is 11.8 Å². The van der Waals surface area contributed by atoms with E-state index in [4.69, 9.17) is 27.9 Å². The Balaban J connectivity index is 1.28. The number of hydrogen-bond acceptors (Lipinski definition) is 4. The number of rotatable bonds is 5. The molecule has 2 atom stereocenters. The first-order chi connectivity index (χ1) is 17.3. The van der Waals surface area contributed by atoms with Gasteiger partial charge in [0.2, 0.25) is 11.8 Å². The van der Waals surface area contributed by atoms with Crippen LogP contribution in [-0.2, 0) is 35.5 Å². The first kappa shape index (κ1) is 23.7. The predicted molar refractivity (Wildman–Crippen MR) is 138 cm³/mol. The van der Waals surface area contributed by atoms with E-state index in [1.165, 1.54) is 0 Å². The summed E-state index contributed by atoms with van der Waals surface area (Å²) in [6.45, 7) is 0.0237. The molecule has 0 unspecified atom stereocenters. The van der Waals surface area contributed by atoms with Crippen LogP contribution in [-0.4, -0.2) is 29.2 Å². The average Bonchev–Trinajstić information content (AvgIpc) is 3.16. The smallest absolute Gasteiger partial charge is 0.307 e. The topological polar surface area (TPSA) is 63.7 Å². The number of benzene rings is 3. The summed E-state index contributed by atoms with van der Waals surface area (Å²) >= 11 is 18.1. The SMILES string of the molecule is O=C(CCN1C(=O)[C@H]2[C@H](C1=O)C1(Cl)c3ccccc3C2(Cl)c2ccccc21)OCc1ccc(Br)cc1. The third kappa shape index (κ3) is 3.17. The molecule has 1 fully saturated rings. The number of ether oxygens (including phenoxy) is 1. The van der Waals surface area contributed by atoms with Crippen molar-refractivity contribution in [1.29, 1.82) is 0 Å². The van der Waals surface area contributed by atoms with Gasteiger partial charge in [-0.25, -0.2) is 0 Å². The van der Waals surface area contributed by atoms with Gasteiger partial charge in [0.25, 0.3) is 0 Å². The first-order valence-corrected chi connectivity index (χ1v) is 13.2. The molecule has 0 saturated carbocycles. The third-order valence-electron chi connectivity index (χ3n) is 7.53. The normalized spacial score (nSPS) is 27.5. The highest BCUT2D eigenvalue weighted by atomic mass is 79.9. The predicted octanol–water partition coefficient (Wildman–Crippen LogP) is 5.48. The van der Waals surface area contributed by atoms with Crippen LogP contribution in [0.15, 0.2) is 77.3 Å². The molecule has 0 aromatic heterocycles. The van der Waals surface area contributed by atoms with E-state index in [-0.39, 0.29) is 19.6 Å². The lowest BCUT2D eigenvalue weighted by Crippen LogP contribution is -2.57. The lowest BCUT2D eigenvalue weighted by atomic mass is 9.54. The van der Waals surface area contributed by atoms with Crippen molar-refractivity contribution in [2.45, 2.75) is 22.8 Å². The molecule has 3 aromatic carbocycles. The number of carbonyl (C=O) groups is 3. The van der Waals surface area contributed by atoms with Gasteiger partial charge in [0.05, 0.1) is 18.3 Å². The summed E-state index contributed by atoms with van der Waals surface area (Å²) in [6.07, 6.45) is -0.113. The van der Waals surface area contributed by atoms with Gasteiger partial charge in [-0.1, -0.05) is 76.6 Å². The number of likely N-dealkylation sites (tertiary alicyclic amines) is 1. The summed E-state index contributed by atoms with van der Waals surface area (Å²) in [4.78, 5) is 38.6. The molecule has 1 aliphatic heterocycles. The maximum Gasteiger partial charge on any atom is 0.307 e. The summed E-state index contributed by atoms with van der Waals surface area (Å²) < 4.78 is 6.29. The van der Waals surface area contributed by atoms with Gasteiger partial charge in [-0.3, -0.25) is 19.3 Å². The van der Waals surface area contributed by atoms with Crippen molar-refractivity contribution < 1.29 is 19.1 Å². The average molecular weight is 585 g/mol. The van der Waals surface area contributed by atoms with Crippen LogP contribution >= 0.6 is 39.1 Å². The Kier molecular flexibility index (Phi) is 5.56. The Hall–Kier alpha value is -2.67. The highest BCUT2D eigenvalue weighted by Gasteiger charge is 2.72. The molecule has 0 spiro atoms. The van der Waals surface area contributed by atoms with Crippen LogP contribution in [0.2, 0.25) is 0 Å². The van der Waals surface area contributed by atoms with Crippen LogP contribution in [0.3, 0.4) is 0 Å². The van der Waals surface area contributed by atoms with Crippen LogP contribution < -0.4 is 0 Å². The van der Waals surface area contributed by atoms with Crippen molar-refractivity contribution in [1.82, 2.24) is 4.90 Å². The van der Waals surface area contributed by atoms with Gasteiger partial charge in [-0.2, -0.15) is 0 Å². The van der Waals surface area contributed by atoms with E-state index in [2.05, 4.69) is 15.9 Å². The lowest BCUT2D eigenvalue weighted by Gasteiger charge is -2.54. The number of halogens is 3. The number of alkyl halides is 2. The summed E-state index contributed by atoms with van der Waals surface area (Å²) in [5, 5.41) is 0. The monoisotopic (exact) mass is 583 g/mol. The second-order valence-electron chi connectivity index (χ2n) is 9.34. The van der Waals surface area contributed by atoms with E-state index in [0.717, 1.165) is 37.2 Å². The second-order valence-corrected chi connectivity index (χ2v) is 11.4. The lowest BCUT2D eigenvalue weighted by molar-refractivity contribution is -0.146. The van der Waals surface area contributed by atoms with Crippen molar-refractivity contribution in [3.8, 4) is 0 Å². The maximum atomic E-state index is 13.7. The minimum absolute atomic E-state index is 0.0868. The van der Waals surface area contributed by atoms with E-state index in [9.17, 15) is 14.4 Å². The van der Waals surface area contributed by atoms with Crippen LogP contribution in [0.1, 0.15) is 34.2 Å². The zero-order valence-corrected chi connectivity index (χ0v) is 22.0. The summed E-state index contributed by atoms with van der Waals surface area (Å²) in [5.41, 5.74) is 3.83. The quantitative estimate of drug-likeness (QED) is 0.226. The maximum absolute atomic E-state index is 13.7. The van der Waals surface area contributed by atoms with Crippen LogP contribution in [0.25, 0.3) is 0 Å². The van der Waals surface area contributed by atoms with E-state index in [1.807, 2.05) is 72.8 Å². The molecular formula is C28H20BrCl2NO4. The number of hydrogen-bond donors (Lipinski definition) is 0. The molecule has 3 aliphatic carbocycles. The van der Waals surface area contributed by atoms with Crippen molar-refractivity contribution in [3.05, 3.63) is 105 Å². The molecule has 2 amide bonds. The van der Waals surface area contributed by atoms with E-state index in [0.29, 0.717) is 0 Å². The third-order valence-corrected chi connectivity index (χ3v) is 9.34. The number of amides is 2. The van der Waals surface area contributed by atoms with Crippen molar-refractivity contribution >= 4 is 56.9 Å². The molecule has 1 saturated heterocycles. The summed E-state index contributed by atoms with van der Waals surface area (Å²) in [5.74, 6) is -3.05. The highest BCUT2D eigenvalue weighted by molar-refractivity contribution is 9.10. The Morgan fingerprint density at radius 1 is 0.806 bits per heavy atom. The Morgan fingerprint density at radius 3 is 1.69 bits per heavy atom. The zero-order chi connectivity index (χ0) is 25.2. The molecule has 5 nitrogen and oxygen atoms in total. The Labute approximate surface area is 226 Å². The number of imide groups is 1. The Morgan fingerprint density at radius 2 is 1.25 bits per heavy atom. The molecule has 8 heteroatoms. The minimum Gasteiger partial charge on any atom is -0.461 e. The molecule has 7 rings (SSSR count). The van der Waals surface area contributed by atoms with Gasteiger partial charge in [0, 0.05) is 11.0 Å². The van der Waals surface area contributed by atoms with Crippen molar-refractivity contribution in [2.24, 2.45) is 11.8 Å². The van der Waals surface area contributed by atoms with Gasteiger partial charge in [-0.05, 0) is 39.9 Å². The fraction of sp³-hybridized carbons (Fsp3) is 0.250. The second kappa shape index (κ2) is 8.44. The standard InChI is InChI=1S/C28H20BrCl2NO4/c29-17-11-9-16(10-12-17)15-36-22(33)13-14-32-25(34)23-24(26(32)35)28(31)19-6-2-1-5-18(19)27(23,30)20-7-3-4-8-21(20)28/h1-12,23-24H,13-15H2/t23-,24-,27?,28?/m1/s1. The molecule has 0 radical (unpaired) electrons. The summed E-state index contributed by atoms with van der Waals surface area (Å²) in [6, 6.07) is 22.4. The minimum atomic E-state index is -1.22. The van der Waals surface area contributed by atoms with Gasteiger partial charge in [0.15, 0.2) is 0 Å². The molecule has 182 valence electrons. The van der Waals surface area contributed by atoms with Crippen molar-refractivity contribution in [3.63, 3.8) is 0 Å². The zero-order valence-electron chi connectivity index (χ0n) is 18.9. The Bertz CT molecular complexity index is 1300. The van der Waals surface area contributed by atoms with Gasteiger partial charge in [0.1, 0.15) is 16.4 Å². The van der Waals surface area contributed by atoms with Gasteiger partial charge in [-0.15, -0.1) is 23.2 Å². The molecule has 0 N–H and O–H groups in total. The highest BCUT2D eigenvalue weighted by Crippen LogP contribution is 2.69. The van der Waals surface area contributed by atoms with Crippen LogP contribution in [0.5, 0.6) is 0 Å². The largest absolute Gasteiger partial charge is 0.461 e. The van der Waals surface area contributed by atoms with E-state index in [1.54, 1.807) is 0 Å². The first-order valence-electron chi connectivity index (χ1n) is 11.6. The molecule has 1 heterocycles. The van der Waals surface area contributed by atoms with Gasteiger partial charge < -0.3 is 4.74 Å². The fourth-order valence-corrected chi connectivity index (χ4v) is 7.33. The molecular weight excluding hydrogens is 565 g/mol. The number of nitrogens with zero attached hydrogens (tertiary/aromatic N) is 1. The molecule has 2 bridgehead atoms. The fourth-order valence-electron chi connectivity index (χ4n) is 5.96. The van der Waals surface area contributed by atoms with E-state index < -0.39 is 39.4 Å².